The molecule has 1 atom stereocenters. The van der Waals surface area contributed by atoms with Crippen LogP contribution in [0.1, 0.15) is 34.3 Å². The largest absolute Gasteiger partial charge is 0.493 e. The molecule has 0 saturated carbocycles. The Balaban J connectivity index is 1.69. The molecule has 0 radical (unpaired) electrons. The molecule has 5 nitrogen and oxygen atoms in total. The Kier molecular flexibility index (Phi) is 6.40. The van der Waals surface area contributed by atoms with Crippen LogP contribution < -0.4 is 14.8 Å². The molecule has 32 heavy (non-hydrogen) atoms. The van der Waals surface area contributed by atoms with E-state index >= 15 is 0 Å². The van der Waals surface area contributed by atoms with E-state index < -0.39 is 0 Å². The van der Waals surface area contributed by atoms with Gasteiger partial charge in [0.15, 0.2) is 11.5 Å². The highest BCUT2D eigenvalue weighted by atomic mass is 19.1. The van der Waals surface area contributed by atoms with Gasteiger partial charge in [-0.1, -0.05) is 24.3 Å². The SMILES string of the molecule is CCOc1ccc(C(CNC(=O)c2ccc(F)cc2)c2c[nH]c3ccccc23)cc1OC. The van der Waals surface area contributed by atoms with Crippen molar-refractivity contribution >= 4 is 16.8 Å². The summed E-state index contributed by atoms with van der Waals surface area (Å²) in [5, 5.41) is 4.08. The number of amides is 1. The molecule has 1 unspecified atom stereocenters. The molecular formula is C26H25FN2O3. The number of fused-ring (bicyclic) bond motifs is 1. The minimum Gasteiger partial charge on any atom is -0.493 e. The number of hydrogen-bond acceptors (Lipinski definition) is 3. The van der Waals surface area contributed by atoms with Crippen molar-refractivity contribution in [1.29, 1.82) is 0 Å². The summed E-state index contributed by atoms with van der Waals surface area (Å²) in [5.41, 5.74) is 3.48. The molecule has 1 heterocycles. The van der Waals surface area contributed by atoms with E-state index in [1.54, 1.807) is 7.11 Å². The van der Waals surface area contributed by atoms with Gasteiger partial charge in [0.1, 0.15) is 5.82 Å². The Labute approximate surface area is 186 Å². The highest BCUT2D eigenvalue weighted by molar-refractivity contribution is 5.94. The second-order valence-corrected chi connectivity index (χ2v) is 7.40. The minimum absolute atomic E-state index is 0.139. The average molecular weight is 432 g/mol. The number of para-hydroxylation sites is 1. The molecule has 0 fully saturated rings. The Hall–Kier alpha value is -3.80. The van der Waals surface area contributed by atoms with Crippen LogP contribution >= 0.6 is 0 Å². The third kappa shape index (κ3) is 4.44. The van der Waals surface area contributed by atoms with Crippen molar-refractivity contribution in [3.63, 3.8) is 0 Å². The zero-order valence-corrected chi connectivity index (χ0v) is 18.0. The number of H-pyrrole nitrogens is 1. The second-order valence-electron chi connectivity index (χ2n) is 7.40. The fourth-order valence-electron chi connectivity index (χ4n) is 3.86. The van der Waals surface area contributed by atoms with E-state index in [1.807, 2.05) is 49.5 Å². The van der Waals surface area contributed by atoms with Crippen molar-refractivity contribution in [1.82, 2.24) is 10.3 Å². The standard InChI is InChI=1S/C26H25FN2O3/c1-3-32-24-13-10-18(14-25(24)31-2)21(22-16-28-23-7-5-4-6-20(22)23)15-29-26(30)17-8-11-19(27)12-9-17/h4-14,16,21,28H,3,15H2,1-2H3,(H,29,30). The molecule has 0 aliphatic rings. The summed E-state index contributed by atoms with van der Waals surface area (Å²) in [5.74, 6) is 0.540. The van der Waals surface area contributed by atoms with E-state index in [0.29, 0.717) is 30.2 Å². The number of hydrogen-bond donors (Lipinski definition) is 2. The number of halogens is 1. The van der Waals surface area contributed by atoms with Crippen molar-refractivity contribution in [2.45, 2.75) is 12.8 Å². The molecule has 3 aromatic carbocycles. The smallest absolute Gasteiger partial charge is 0.251 e. The normalized spacial score (nSPS) is 11.8. The molecule has 0 saturated heterocycles. The lowest BCUT2D eigenvalue weighted by molar-refractivity contribution is 0.0952. The van der Waals surface area contributed by atoms with E-state index in [-0.39, 0.29) is 17.6 Å². The quantitative estimate of drug-likeness (QED) is 0.398. The third-order valence-corrected chi connectivity index (χ3v) is 5.46. The van der Waals surface area contributed by atoms with E-state index in [0.717, 1.165) is 22.0 Å². The molecule has 0 bridgehead atoms. The van der Waals surface area contributed by atoms with Gasteiger partial charge < -0.3 is 19.8 Å². The summed E-state index contributed by atoms with van der Waals surface area (Å²) >= 11 is 0. The van der Waals surface area contributed by atoms with E-state index in [1.165, 1.54) is 24.3 Å². The van der Waals surface area contributed by atoms with Gasteiger partial charge in [0, 0.05) is 35.1 Å². The van der Waals surface area contributed by atoms with E-state index in [9.17, 15) is 9.18 Å². The second kappa shape index (κ2) is 9.56. The summed E-state index contributed by atoms with van der Waals surface area (Å²) in [6, 6.07) is 19.4. The topological polar surface area (TPSA) is 63.3 Å². The molecule has 164 valence electrons. The molecule has 6 heteroatoms. The molecule has 2 N–H and O–H groups in total. The summed E-state index contributed by atoms with van der Waals surface area (Å²) < 4.78 is 24.4. The van der Waals surface area contributed by atoms with Gasteiger partial charge in [-0.05, 0) is 60.5 Å². The summed E-state index contributed by atoms with van der Waals surface area (Å²) in [6.07, 6.45) is 1.97. The highest BCUT2D eigenvalue weighted by Crippen LogP contribution is 2.35. The van der Waals surface area contributed by atoms with Crippen LogP contribution in [0.4, 0.5) is 4.39 Å². The van der Waals surface area contributed by atoms with Crippen LogP contribution in [0.3, 0.4) is 0 Å². The predicted molar refractivity (Wildman–Crippen MR) is 123 cm³/mol. The number of carbonyl (C=O) groups is 1. The maximum absolute atomic E-state index is 13.2. The first-order chi connectivity index (χ1) is 15.6. The van der Waals surface area contributed by atoms with Crippen LogP contribution in [0.2, 0.25) is 0 Å². The number of aromatic amines is 1. The maximum atomic E-state index is 13.2. The van der Waals surface area contributed by atoms with Crippen LogP contribution in [0.25, 0.3) is 10.9 Å². The van der Waals surface area contributed by atoms with Gasteiger partial charge >= 0.3 is 0 Å². The summed E-state index contributed by atoms with van der Waals surface area (Å²) in [7, 11) is 1.61. The Morgan fingerprint density at radius 3 is 2.59 bits per heavy atom. The first kappa shape index (κ1) is 21.4. The van der Waals surface area contributed by atoms with Crippen LogP contribution in [-0.2, 0) is 0 Å². The van der Waals surface area contributed by atoms with Gasteiger partial charge in [-0.25, -0.2) is 4.39 Å². The molecule has 0 spiro atoms. The summed E-state index contributed by atoms with van der Waals surface area (Å²) in [6.45, 7) is 2.82. The summed E-state index contributed by atoms with van der Waals surface area (Å²) in [4.78, 5) is 16.0. The first-order valence-corrected chi connectivity index (χ1v) is 10.5. The first-order valence-electron chi connectivity index (χ1n) is 10.5. The van der Waals surface area contributed by atoms with Crippen molar-refractivity contribution in [2.24, 2.45) is 0 Å². The number of carbonyl (C=O) groups excluding carboxylic acids is 1. The molecule has 1 aromatic heterocycles. The fraction of sp³-hybridized carbons (Fsp3) is 0.192. The van der Waals surface area contributed by atoms with Gasteiger partial charge in [-0.3, -0.25) is 4.79 Å². The number of aromatic nitrogens is 1. The van der Waals surface area contributed by atoms with Crippen LogP contribution in [0, 0.1) is 5.82 Å². The Morgan fingerprint density at radius 2 is 1.84 bits per heavy atom. The monoisotopic (exact) mass is 432 g/mol. The number of rotatable bonds is 8. The van der Waals surface area contributed by atoms with Gasteiger partial charge in [-0.2, -0.15) is 0 Å². The highest BCUT2D eigenvalue weighted by Gasteiger charge is 2.21. The van der Waals surface area contributed by atoms with Crippen LogP contribution in [0.5, 0.6) is 11.5 Å². The number of nitrogens with one attached hydrogen (secondary N) is 2. The van der Waals surface area contributed by atoms with Crippen molar-refractivity contribution in [2.75, 3.05) is 20.3 Å². The predicted octanol–water partition coefficient (Wildman–Crippen LogP) is 5.28. The molecule has 4 rings (SSSR count). The molecule has 0 aliphatic carbocycles. The molecule has 4 aromatic rings. The number of benzene rings is 3. The minimum atomic E-state index is -0.375. The lowest BCUT2D eigenvalue weighted by Gasteiger charge is -2.20. The lowest BCUT2D eigenvalue weighted by atomic mass is 9.90. The lowest BCUT2D eigenvalue weighted by Crippen LogP contribution is -2.29. The van der Waals surface area contributed by atoms with Crippen LogP contribution in [-0.4, -0.2) is 31.2 Å². The van der Waals surface area contributed by atoms with Gasteiger partial charge in [0.25, 0.3) is 5.91 Å². The Bertz CT molecular complexity index is 1220. The van der Waals surface area contributed by atoms with Gasteiger partial charge in [-0.15, -0.1) is 0 Å². The van der Waals surface area contributed by atoms with Crippen molar-refractivity contribution < 1.29 is 18.7 Å². The zero-order chi connectivity index (χ0) is 22.5. The number of methoxy groups -OCH3 is 1. The fourth-order valence-corrected chi connectivity index (χ4v) is 3.86. The van der Waals surface area contributed by atoms with Crippen molar-refractivity contribution in [3.8, 4) is 11.5 Å². The third-order valence-electron chi connectivity index (χ3n) is 5.46. The van der Waals surface area contributed by atoms with Gasteiger partial charge in [0.05, 0.1) is 13.7 Å². The number of ether oxygens (including phenoxy) is 2. The average Bonchev–Trinajstić information content (AvgIpc) is 3.24. The van der Waals surface area contributed by atoms with Gasteiger partial charge in [0.2, 0.25) is 0 Å². The maximum Gasteiger partial charge on any atom is 0.251 e. The molecular weight excluding hydrogens is 407 g/mol. The van der Waals surface area contributed by atoms with E-state index in [4.69, 9.17) is 9.47 Å². The van der Waals surface area contributed by atoms with Crippen LogP contribution in [0.15, 0.2) is 72.9 Å². The Morgan fingerprint density at radius 1 is 1.06 bits per heavy atom. The molecule has 1 amide bonds. The van der Waals surface area contributed by atoms with Crippen molar-refractivity contribution in [3.05, 3.63) is 95.4 Å². The molecule has 0 aliphatic heterocycles. The zero-order valence-electron chi connectivity index (χ0n) is 18.0. The van der Waals surface area contributed by atoms with E-state index in [2.05, 4.69) is 16.4 Å².